The highest BCUT2D eigenvalue weighted by Gasteiger charge is 2.56. The molecule has 2 rings (SSSR count). The van der Waals surface area contributed by atoms with Gasteiger partial charge in [0.05, 0.1) is 17.1 Å². The topological polar surface area (TPSA) is 44.0 Å². The smallest absolute Gasteiger partial charge is 0.0863 e. The molecule has 2 nitrogen and oxygen atoms in total. The monoisotopic (exact) mass is 277 g/mol. The fourth-order valence-corrected chi connectivity index (χ4v) is 4.83. The first-order valence-electron chi connectivity index (χ1n) is 8.62. The summed E-state index contributed by atoms with van der Waals surface area (Å²) in [5, 5.41) is 21.2. The van der Waals surface area contributed by atoms with Crippen molar-refractivity contribution in [3.05, 3.63) is 0 Å². The van der Waals surface area contributed by atoms with Crippen LogP contribution in [0.1, 0.15) is 78.6 Å². The number of nitriles is 1. The van der Waals surface area contributed by atoms with Gasteiger partial charge < -0.3 is 5.11 Å². The van der Waals surface area contributed by atoms with Gasteiger partial charge >= 0.3 is 0 Å². The van der Waals surface area contributed by atoms with Crippen LogP contribution in [-0.2, 0) is 0 Å². The maximum atomic E-state index is 11.4. The highest BCUT2D eigenvalue weighted by Crippen LogP contribution is 2.55. The Labute approximate surface area is 124 Å². The molecule has 0 aromatic heterocycles. The summed E-state index contributed by atoms with van der Waals surface area (Å²) in [6.07, 6.45) is 9.69. The summed E-state index contributed by atoms with van der Waals surface area (Å²) in [6.45, 7) is 6.65. The lowest BCUT2D eigenvalue weighted by Crippen LogP contribution is -2.56. The standard InChI is InChI=1S/C18H31NO/c1-4-6-16-8-11-17(13-19,12-9-16)18(20)10-5-7-14(2)15(18)3/h14-16,20H,4-12H2,1-3H3. The third-order valence-electron chi connectivity index (χ3n) is 6.52. The summed E-state index contributed by atoms with van der Waals surface area (Å²) < 4.78 is 0. The minimum atomic E-state index is -0.753. The highest BCUT2D eigenvalue weighted by molar-refractivity contribution is 5.16. The Hall–Kier alpha value is -0.550. The Morgan fingerprint density at radius 3 is 2.35 bits per heavy atom. The van der Waals surface area contributed by atoms with Gasteiger partial charge in [-0.1, -0.05) is 46.5 Å². The van der Waals surface area contributed by atoms with E-state index in [2.05, 4.69) is 26.8 Å². The first kappa shape index (κ1) is 15.8. The van der Waals surface area contributed by atoms with Crippen molar-refractivity contribution >= 4 is 0 Å². The normalized spacial score (nSPS) is 45.9. The molecule has 0 bridgehead atoms. The largest absolute Gasteiger partial charge is 0.388 e. The van der Waals surface area contributed by atoms with E-state index in [0.717, 1.165) is 44.4 Å². The van der Waals surface area contributed by atoms with Crippen LogP contribution >= 0.6 is 0 Å². The van der Waals surface area contributed by atoms with Gasteiger partial charge in [-0.15, -0.1) is 0 Å². The van der Waals surface area contributed by atoms with E-state index in [1.165, 1.54) is 19.3 Å². The minimum Gasteiger partial charge on any atom is -0.388 e. The van der Waals surface area contributed by atoms with E-state index in [0.29, 0.717) is 5.92 Å². The van der Waals surface area contributed by atoms with Crippen molar-refractivity contribution in [1.29, 1.82) is 5.26 Å². The summed E-state index contributed by atoms with van der Waals surface area (Å²) in [4.78, 5) is 0. The Morgan fingerprint density at radius 1 is 1.15 bits per heavy atom. The molecular weight excluding hydrogens is 246 g/mol. The summed E-state index contributed by atoms with van der Waals surface area (Å²) in [7, 11) is 0. The molecule has 0 saturated heterocycles. The van der Waals surface area contributed by atoms with Crippen LogP contribution in [0, 0.1) is 34.5 Å². The Balaban J connectivity index is 2.17. The van der Waals surface area contributed by atoms with E-state index >= 15 is 0 Å². The lowest BCUT2D eigenvalue weighted by Gasteiger charge is -2.53. The highest BCUT2D eigenvalue weighted by atomic mass is 16.3. The van der Waals surface area contributed by atoms with Crippen LogP contribution < -0.4 is 0 Å². The van der Waals surface area contributed by atoms with Gasteiger partial charge in [0.25, 0.3) is 0 Å². The first-order valence-corrected chi connectivity index (χ1v) is 8.62. The van der Waals surface area contributed by atoms with Gasteiger partial charge in [0.15, 0.2) is 0 Å². The van der Waals surface area contributed by atoms with Crippen molar-refractivity contribution in [2.24, 2.45) is 23.2 Å². The van der Waals surface area contributed by atoms with Gasteiger partial charge in [-0.3, -0.25) is 0 Å². The number of aliphatic hydroxyl groups is 1. The van der Waals surface area contributed by atoms with Crippen LogP contribution in [0.2, 0.25) is 0 Å². The average molecular weight is 277 g/mol. The van der Waals surface area contributed by atoms with Crippen molar-refractivity contribution < 1.29 is 5.11 Å². The molecule has 3 atom stereocenters. The molecule has 2 saturated carbocycles. The maximum Gasteiger partial charge on any atom is 0.0863 e. The van der Waals surface area contributed by atoms with Crippen LogP contribution in [0.5, 0.6) is 0 Å². The molecule has 2 fully saturated rings. The molecule has 20 heavy (non-hydrogen) atoms. The fourth-order valence-electron chi connectivity index (χ4n) is 4.83. The predicted octanol–water partition coefficient (Wildman–Crippen LogP) is 4.67. The van der Waals surface area contributed by atoms with Crippen LogP contribution in [0.15, 0.2) is 0 Å². The summed E-state index contributed by atoms with van der Waals surface area (Å²) >= 11 is 0. The van der Waals surface area contributed by atoms with Gasteiger partial charge in [-0.2, -0.15) is 5.26 Å². The molecule has 1 N–H and O–H groups in total. The molecule has 2 heteroatoms. The SMILES string of the molecule is CCCC1CCC(C#N)(C2(O)CCCC(C)C2C)CC1. The summed E-state index contributed by atoms with van der Waals surface area (Å²) in [6, 6.07) is 2.59. The Morgan fingerprint density at radius 2 is 1.80 bits per heavy atom. The average Bonchev–Trinajstić information content (AvgIpc) is 2.46. The predicted molar refractivity (Wildman–Crippen MR) is 82.0 cm³/mol. The number of rotatable bonds is 3. The summed E-state index contributed by atoms with van der Waals surface area (Å²) in [5.74, 6) is 1.56. The molecule has 0 radical (unpaired) electrons. The van der Waals surface area contributed by atoms with Crippen LogP contribution in [0.25, 0.3) is 0 Å². The van der Waals surface area contributed by atoms with Gasteiger partial charge in [0.2, 0.25) is 0 Å². The maximum absolute atomic E-state index is 11.4. The second-order valence-electron chi connectivity index (χ2n) is 7.51. The molecule has 0 spiro atoms. The van der Waals surface area contributed by atoms with E-state index in [4.69, 9.17) is 0 Å². The van der Waals surface area contributed by atoms with Crippen molar-refractivity contribution in [3.8, 4) is 6.07 Å². The van der Waals surface area contributed by atoms with Gasteiger partial charge in [-0.05, 0) is 49.9 Å². The van der Waals surface area contributed by atoms with Crippen molar-refractivity contribution in [2.45, 2.75) is 84.2 Å². The van der Waals surface area contributed by atoms with Crippen LogP contribution in [-0.4, -0.2) is 10.7 Å². The second kappa shape index (κ2) is 6.06. The van der Waals surface area contributed by atoms with Crippen LogP contribution in [0.4, 0.5) is 0 Å². The third-order valence-corrected chi connectivity index (χ3v) is 6.52. The third kappa shape index (κ3) is 2.50. The Kier molecular flexibility index (Phi) is 4.80. The molecule has 2 aliphatic rings. The van der Waals surface area contributed by atoms with Crippen LogP contribution in [0.3, 0.4) is 0 Å². The lowest BCUT2D eigenvalue weighted by molar-refractivity contribution is -0.149. The van der Waals surface area contributed by atoms with Gasteiger partial charge in [0, 0.05) is 0 Å². The quantitative estimate of drug-likeness (QED) is 0.814. The molecule has 0 aliphatic heterocycles. The van der Waals surface area contributed by atoms with E-state index in [9.17, 15) is 10.4 Å². The zero-order valence-corrected chi connectivity index (χ0v) is 13.5. The second-order valence-corrected chi connectivity index (χ2v) is 7.51. The zero-order chi connectivity index (χ0) is 14.8. The Bertz CT molecular complexity index is 364. The number of hydrogen-bond acceptors (Lipinski definition) is 2. The van der Waals surface area contributed by atoms with E-state index in [1.54, 1.807) is 0 Å². The molecule has 114 valence electrons. The zero-order valence-electron chi connectivity index (χ0n) is 13.5. The van der Waals surface area contributed by atoms with Gasteiger partial charge in [0.1, 0.15) is 0 Å². The first-order chi connectivity index (χ1) is 9.49. The van der Waals surface area contributed by atoms with E-state index < -0.39 is 11.0 Å². The fraction of sp³-hybridized carbons (Fsp3) is 0.944. The number of hydrogen-bond donors (Lipinski definition) is 1. The van der Waals surface area contributed by atoms with E-state index in [-0.39, 0.29) is 5.92 Å². The minimum absolute atomic E-state index is 0.249. The molecule has 0 aromatic rings. The van der Waals surface area contributed by atoms with Crippen molar-refractivity contribution in [1.82, 2.24) is 0 Å². The molecule has 0 aromatic carbocycles. The molecule has 0 amide bonds. The number of nitrogens with zero attached hydrogens (tertiary/aromatic N) is 1. The van der Waals surface area contributed by atoms with E-state index in [1.807, 2.05) is 0 Å². The molecular formula is C18H31NO. The van der Waals surface area contributed by atoms with Gasteiger partial charge in [-0.25, -0.2) is 0 Å². The molecule has 3 unspecified atom stereocenters. The summed E-state index contributed by atoms with van der Waals surface area (Å²) in [5.41, 5.74) is -1.23. The molecule has 2 aliphatic carbocycles. The van der Waals surface area contributed by atoms with Crippen molar-refractivity contribution in [2.75, 3.05) is 0 Å². The van der Waals surface area contributed by atoms with Crippen molar-refractivity contribution in [3.63, 3.8) is 0 Å². The molecule has 0 heterocycles. The lowest BCUT2D eigenvalue weighted by atomic mass is 9.53.